The van der Waals surface area contributed by atoms with Crippen LogP contribution in [0, 0.1) is 0 Å². The maximum atomic E-state index is 11.2. The molecule has 0 atom stereocenters. The van der Waals surface area contributed by atoms with Gasteiger partial charge >= 0.3 is 5.97 Å². The van der Waals surface area contributed by atoms with Crippen LogP contribution in [0.2, 0.25) is 0 Å². The Bertz CT molecular complexity index is 446. The first-order chi connectivity index (χ1) is 7.15. The number of ether oxygens (including phenoxy) is 1. The van der Waals surface area contributed by atoms with E-state index in [1.165, 1.54) is 19.1 Å². The molecule has 0 N–H and O–H groups in total. The van der Waals surface area contributed by atoms with Crippen LogP contribution in [0.4, 0.5) is 0 Å². The van der Waals surface area contributed by atoms with Crippen molar-refractivity contribution in [3.05, 3.63) is 29.8 Å². The van der Waals surface area contributed by atoms with Crippen LogP contribution in [-0.4, -0.2) is 18.0 Å². The molecule has 0 radical (unpaired) electrons. The Kier molecular flexibility index (Phi) is 3.49. The van der Waals surface area contributed by atoms with Crippen molar-refractivity contribution in [1.29, 1.82) is 0 Å². The van der Waals surface area contributed by atoms with Gasteiger partial charge in [-0.15, -0.1) is 4.99 Å². The van der Waals surface area contributed by atoms with Gasteiger partial charge in [-0.3, -0.25) is 9.59 Å². The number of carbonyl (C=O) groups excluding carboxylic acids is 3. The number of benzene rings is 1. The first-order valence-corrected chi connectivity index (χ1v) is 4.05. The average molecular weight is 205 g/mol. The number of aliphatic imine (C=N–C) groups is 1. The highest BCUT2D eigenvalue weighted by molar-refractivity contribution is 6.00. The number of esters is 1. The van der Waals surface area contributed by atoms with Gasteiger partial charge in [0.25, 0.3) is 5.91 Å². The second-order valence-corrected chi connectivity index (χ2v) is 2.60. The normalized spacial score (nSPS) is 8.87. The van der Waals surface area contributed by atoms with Crippen LogP contribution in [0.15, 0.2) is 29.3 Å². The summed E-state index contributed by atoms with van der Waals surface area (Å²) in [5.41, 5.74) is 0.0519. The van der Waals surface area contributed by atoms with Crippen LogP contribution in [0.25, 0.3) is 0 Å². The van der Waals surface area contributed by atoms with E-state index >= 15 is 0 Å². The van der Waals surface area contributed by atoms with Gasteiger partial charge in [0.1, 0.15) is 5.75 Å². The van der Waals surface area contributed by atoms with E-state index in [1.54, 1.807) is 12.1 Å². The third-order valence-corrected chi connectivity index (χ3v) is 1.52. The predicted molar refractivity (Wildman–Crippen MR) is 50.2 cm³/mol. The molecule has 15 heavy (non-hydrogen) atoms. The van der Waals surface area contributed by atoms with E-state index in [2.05, 4.69) is 4.99 Å². The molecule has 1 aromatic rings. The molecule has 0 aromatic heterocycles. The molecule has 5 nitrogen and oxygen atoms in total. The minimum atomic E-state index is -0.790. The van der Waals surface area contributed by atoms with Crippen molar-refractivity contribution in [3.63, 3.8) is 0 Å². The fraction of sp³-hybridized carbons (Fsp3) is 0.100. The Hall–Kier alpha value is -2.26. The van der Waals surface area contributed by atoms with E-state index in [0.717, 1.165) is 6.08 Å². The fourth-order valence-corrected chi connectivity index (χ4v) is 0.989. The molecule has 0 spiro atoms. The van der Waals surface area contributed by atoms with E-state index in [4.69, 9.17) is 4.74 Å². The van der Waals surface area contributed by atoms with Crippen molar-refractivity contribution >= 4 is 18.0 Å². The average Bonchev–Trinajstić information content (AvgIpc) is 2.18. The highest BCUT2D eigenvalue weighted by atomic mass is 16.5. The van der Waals surface area contributed by atoms with Gasteiger partial charge in [-0.1, -0.05) is 12.1 Å². The van der Waals surface area contributed by atoms with E-state index in [-0.39, 0.29) is 11.3 Å². The quantitative estimate of drug-likeness (QED) is 0.313. The largest absolute Gasteiger partial charge is 0.426 e. The minimum Gasteiger partial charge on any atom is -0.426 e. The van der Waals surface area contributed by atoms with Crippen molar-refractivity contribution < 1.29 is 19.1 Å². The Labute approximate surface area is 85.4 Å². The summed E-state index contributed by atoms with van der Waals surface area (Å²) in [6.45, 7) is 1.21. The Morgan fingerprint density at radius 1 is 1.33 bits per heavy atom. The second kappa shape index (κ2) is 4.83. The van der Waals surface area contributed by atoms with Crippen LogP contribution in [0.1, 0.15) is 17.3 Å². The summed E-state index contributed by atoms with van der Waals surface area (Å²) in [7, 11) is 0. The van der Waals surface area contributed by atoms with Gasteiger partial charge in [0.2, 0.25) is 6.08 Å². The first kappa shape index (κ1) is 10.8. The molecule has 0 aliphatic carbocycles. The summed E-state index contributed by atoms with van der Waals surface area (Å²) in [6.07, 6.45) is 1.13. The number of nitrogens with zero attached hydrogens (tertiary/aromatic N) is 1. The smallest absolute Gasteiger partial charge is 0.308 e. The van der Waals surface area contributed by atoms with Crippen LogP contribution >= 0.6 is 0 Å². The van der Waals surface area contributed by atoms with Crippen molar-refractivity contribution in [1.82, 2.24) is 0 Å². The van der Waals surface area contributed by atoms with E-state index in [0.29, 0.717) is 0 Å². The summed E-state index contributed by atoms with van der Waals surface area (Å²) in [5.74, 6) is -1.26. The van der Waals surface area contributed by atoms with Gasteiger partial charge in [0.05, 0.1) is 5.56 Å². The summed E-state index contributed by atoms with van der Waals surface area (Å²) in [5, 5.41) is 0. The van der Waals surface area contributed by atoms with Gasteiger partial charge in [0, 0.05) is 6.92 Å². The van der Waals surface area contributed by atoms with Crippen molar-refractivity contribution in [3.8, 4) is 5.75 Å². The molecule has 5 heteroatoms. The predicted octanol–water partition coefficient (Wildman–Crippen LogP) is 1.09. The number of rotatable bonds is 2. The van der Waals surface area contributed by atoms with Gasteiger partial charge in [-0.05, 0) is 12.1 Å². The highest BCUT2D eigenvalue weighted by Crippen LogP contribution is 2.18. The van der Waals surface area contributed by atoms with Crippen molar-refractivity contribution in [2.24, 2.45) is 4.99 Å². The maximum absolute atomic E-state index is 11.2. The Morgan fingerprint density at radius 2 is 2.00 bits per heavy atom. The number of carbonyl (C=O) groups is 2. The Morgan fingerprint density at radius 3 is 2.60 bits per heavy atom. The van der Waals surface area contributed by atoms with Gasteiger partial charge < -0.3 is 4.74 Å². The number of hydrogen-bond acceptors (Lipinski definition) is 4. The van der Waals surface area contributed by atoms with Crippen LogP contribution in [-0.2, 0) is 9.59 Å². The Balaban J connectivity index is 3.11. The third kappa shape index (κ3) is 2.86. The maximum Gasteiger partial charge on any atom is 0.308 e. The number of para-hydroxylation sites is 1. The van der Waals surface area contributed by atoms with Crippen molar-refractivity contribution in [2.75, 3.05) is 0 Å². The minimum absolute atomic E-state index is 0.0519. The van der Waals surface area contributed by atoms with E-state index in [1.807, 2.05) is 0 Å². The van der Waals surface area contributed by atoms with Crippen LogP contribution < -0.4 is 4.74 Å². The molecule has 0 saturated carbocycles. The lowest BCUT2D eigenvalue weighted by molar-refractivity contribution is -0.131. The zero-order valence-electron chi connectivity index (χ0n) is 7.89. The molecule has 0 aliphatic heterocycles. The molecule has 1 aromatic carbocycles. The number of amides is 1. The lowest BCUT2D eigenvalue weighted by Gasteiger charge is -2.04. The summed E-state index contributed by atoms with van der Waals surface area (Å²) in [4.78, 5) is 34.8. The van der Waals surface area contributed by atoms with Crippen LogP contribution in [0.3, 0.4) is 0 Å². The molecule has 0 unspecified atom stereocenters. The highest BCUT2D eigenvalue weighted by Gasteiger charge is 2.12. The zero-order valence-corrected chi connectivity index (χ0v) is 7.89. The van der Waals surface area contributed by atoms with E-state index < -0.39 is 11.9 Å². The molecule has 0 fully saturated rings. The monoisotopic (exact) mass is 205 g/mol. The fourth-order valence-electron chi connectivity index (χ4n) is 0.989. The summed E-state index contributed by atoms with van der Waals surface area (Å²) in [6, 6.07) is 6.01. The SMILES string of the molecule is CC(=O)Oc1ccccc1C(=O)N=C=O. The van der Waals surface area contributed by atoms with Gasteiger partial charge in [0.15, 0.2) is 0 Å². The molecule has 1 rings (SSSR count). The number of isocyanates is 1. The lowest BCUT2D eigenvalue weighted by atomic mass is 10.2. The van der Waals surface area contributed by atoms with Gasteiger partial charge in [-0.2, -0.15) is 0 Å². The number of hydrogen-bond donors (Lipinski definition) is 0. The third-order valence-electron chi connectivity index (χ3n) is 1.52. The summed E-state index contributed by atoms with van der Waals surface area (Å²) >= 11 is 0. The molecule has 1 amide bonds. The molecular weight excluding hydrogens is 198 g/mol. The topological polar surface area (TPSA) is 72.8 Å². The summed E-state index contributed by atoms with van der Waals surface area (Å²) < 4.78 is 4.76. The molecule has 0 saturated heterocycles. The molecule has 0 bridgehead atoms. The van der Waals surface area contributed by atoms with Gasteiger partial charge in [-0.25, -0.2) is 4.79 Å². The standard InChI is InChI=1S/C10H7NO4/c1-7(13)15-9-5-3-2-4-8(9)10(14)11-6-12/h2-5H,1H3. The molecule has 0 aliphatic rings. The molecule has 76 valence electrons. The first-order valence-electron chi connectivity index (χ1n) is 4.05. The second-order valence-electron chi connectivity index (χ2n) is 2.60. The lowest BCUT2D eigenvalue weighted by Crippen LogP contribution is -2.06. The van der Waals surface area contributed by atoms with Crippen molar-refractivity contribution in [2.45, 2.75) is 6.92 Å². The molecule has 0 heterocycles. The zero-order chi connectivity index (χ0) is 11.3. The van der Waals surface area contributed by atoms with Crippen LogP contribution in [0.5, 0.6) is 5.75 Å². The molecular formula is C10H7NO4. The van der Waals surface area contributed by atoms with E-state index in [9.17, 15) is 14.4 Å².